The fraction of sp³-hybridized carbons (Fsp3) is 0.261. The molecule has 4 aromatic rings. The molecule has 2 aromatic heterocycles. The average molecular weight is 499 g/mol. The van der Waals surface area contributed by atoms with Crippen LogP contribution in [0.5, 0.6) is 0 Å². The molecule has 11 heteroatoms. The number of benzene rings is 2. The summed E-state index contributed by atoms with van der Waals surface area (Å²) < 4.78 is 32.4. The number of sulfonamides is 1. The number of fused-ring (bicyclic) bond motifs is 1. The second-order valence-corrected chi connectivity index (χ2v) is 10.9. The third-order valence-corrected chi connectivity index (χ3v) is 8.71. The van der Waals surface area contributed by atoms with E-state index in [0.717, 1.165) is 16.3 Å². The summed E-state index contributed by atoms with van der Waals surface area (Å²) in [7, 11) is -3.76. The number of carbonyl (C=O) groups excluding carboxylic acids is 1. The number of aromatic amines is 1. The third kappa shape index (κ3) is 4.54. The van der Waals surface area contributed by atoms with Crippen LogP contribution in [-0.2, 0) is 21.4 Å². The molecule has 9 nitrogen and oxygen atoms in total. The highest BCUT2D eigenvalue weighted by Crippen LogP contribution is 2.26. The molecule has 0 unspecified atom stereocenters. The summed E-state index contributed by atoms with van der Waals surface area (Å²) in [5.41, 5.74) is 2.47. The summed E-state index contributed by atoms with van der Waals surface area (Å²) in [6, 6.07) is 14.2. The zero-order valence-electron chi connectivity index (χ0n) is 18.1. The van der Waals surface area contributed by atoms with Gasteiger partial charge < -0.3 is 9.73 Å². The van der Waals surface area contributed by atoms with Gasteiger partial charge in [0.1, 0.15) is 5.01 Å². The monoisotopic (exact) mass is 498 g/mol. The van der Waals surface area contributed by atoms with Crippen LogP contribution in [0.4, 0.5) is 0 Å². The van der Waals surface area contributed by atoms with E-state index in [1.807, 2.05) is 35.7 Å². The van der Waals surface area contributed by atoms with E-state index in [9.17, 15) is 18.0 Å². The molecule has 0 spiro atoms. The smallest absolute Gasteiger partial charge is 0.408 e. The van der Waals surface area contributed by atoms with Crippen LogP contribution in [0.2, 0.25) is 0 Å². The predicted molar refractivity (Wildman–Crippen MR) is 128 cm³/mol. The first-order valence-electron chi connectivity index (χ1n) is 10.8. The van der Waals surface area contributed by atoms with E-state index in [0.29, 0.717) is 24.9 Å². The number of H-pyrrole nitrogens is 1. The lowest BCUT2D eigenvalue weighted by molar-refractivity contribution is -0.126. The van der Waals surface area contributed by atoms with Crippen molar-refractivity contribution in [3.63, 3.8) is 0 Å². The number of thiazole rings is 1. The summed E-state index contributed by atoms with van der Waals surface area (Å²) in [6.45, 7) is 0.817. The Balaban J connectivity index is 1.17. The van der Waals surface area contributed by atoms with Crippen molar-refractivity contribution < 1.29 is 17.6 Å². The van der Waals surface area contributed by atoms with Gasteiger partial charge >= 0.3 is 5.76 Å². The van der Waals surface area contributed by atoms with E-state index in [4.69, 9.17) is 4.42 Å². The van der Waals surface area contributed by atoms with Gasteiger partial charge in [0.25, 0.3) is 0 Å². The molecule has 0 bridgehead atoms. The number of carbonyl (C=O) groups is 1. The van der Waals surface area contributed by atoms with Crippen molar-refractivity contribution in [3.8, 4) is 10.6 Å². The van der Waals surface area contributed by atoms with E-state index in [-0.39, 0.29) is 35.4 Å². The van der Waals surface area contributed by atoms with Crippen molar-refractivity contribution in [1.29, 1.82) is 0 Å². The summed E-state index contributed by atoms with van der Waals surface area (Å²) in [5.74, 6) is -0.990. The van der Waals surface area contributed by atoms with Gasteiger partial charge in [0.15, 0.2) is 5.58 Å². The molecule has 176 valence electrons. The van der Waals surface area contributed by atoms with Crippen LogP contribution in [0, 0.1) is 5.92 Å². The van der Waals surface area contributed by atoms with Crippen molar-refractivity contribution >= 4 is 38.4 Å². The van der Waals surface area contributed by atoms with Gasteiger partial charge in [0.05, 0.1) is 22.7 Å². The second-order valence-electron chi connectivity index (χ2n) is 8.08. The average Bonchev–Trinajstić information content (AvgIpc) is 3.48. The lowest BCUT2D eigenvalue weighted by Crippen LogP contribution is -2.42. The van der Waals surface area contributed by atoms with Crippen LogP contribution in [-0.4, -0.2) is 41.7 Å². The molecule has 0 saturated carbocycles. The van der Waals surface area contributed by atoms with E-state index >= 15 is 0 Å². The maximum Gasteiger partial charge on any atom is 0.417 e. The van der Waals surface area contributed by atoms with Crippen molar-refractivity contribution in [2.45, 2.75) is 24.3 Å². The molecule has 5 rings (SSSR count). The Bertz CT molecular complexity index is 1480. The summed E-state index contributed by atoms with van der Waals surface area (Å²) in [5, 5.41) is 5.77. The van der Waals surface area contributed by atoms with Crippen molar-refractivity contribution in [3.05, 3.63) is 70.2 Å². The Morgan fingerprint density at radius 3 is 2.71 bits per heavy atom. The van der Waals surface area contributed by atoms with Crippen LogP contribution in [0.25, 0.3) is 21.7 Å². The molecule has 2 N–H and O–H groups in total. The van der Waals surface area contributed by atoms with Gasteiger partial charge in [-0.15, -0.1) is 11.3 Å². The van der Waals surface area contributed by atoms with Gasteiger partial charge in [-0.2, -0.15) is 4.31 Å². The van der Waals surface area contributed by atoms with Crippen LogP contribution in [0.1, 0.15) is 18.5 Å². The van der Waals surface area contributed by atoms with Crippen molar-refractivity contribution in [1.82, 2.24) is 19.6 Å². The molecule has 0 aliphatic carbocycles. The zero-order valence-corrected chi connectivity index (χ0v) is 19.7. The minimum absolute atomic E-state index is 0.0587. The molecule has 34 heavy (non-hydrogen) atoms. The predicted octanol–water partition coefficient (Wildman–Crippen LogP) is 2.96. The Hall–Kier alpha value is -3.28. The van der Waals surface area contributed by atoms with Gasteiger partial charge in [-0.1, -0.05) is 30.3 Å². The third-order valence-electron chi connectivity index (χ3n) is 5.87. The molecular formula is C23H22N4O5S2. The van der Waals surface area contributed by atoms with Gasteiger partial charge in [-0.3, -0.25) is 9.78 Å². The van der Waals surface area contributed by atoms with Gasteiger partial charge in [-0.25, -0.2) is 18.2 Å². The van der Waals surface area contributed by atoms with Gasteiger partial charge in [0.2, 0.25) is 15.9 Å². The highest BCUT2D eigenvalue weighted by molar-refractivity contribution is 7.89. The molecule has 1 aliphatic rings. The number of nitrogens with zero attached hydrogens (tertiary/aromatic N) is 2. The van der Waals surface area contributed by atoms with Gasteiger partial charge in [0, 0.05) is 36.0 Å². The van der Waals surface area contributed by atoms with E-state index in [1.54, 1.807) is 0 Å². The number of hydrogen-bond donors (Lipinski definition) is 2. The maximum atomic E-state index is 13.0. The molecule has 3 heterocycles. The van der Waals surface area contributed by atoms with Crippen molar-refractivity contribution in [2.24, 2.45) is 5.92 Å². The number of amides is 1. The van der Waals surface area contributed by atoms with E-state index in [2.05, 4.69) is 15.3 Å². The number of rotatable bonds is 6. The highest BCUT2D eigenvalue weighted by Gasteiger charge is 2.32. The fourth-order valence-electron chi connectivity index (χ4n) is 4.02. The number of hydrogen-bond acceptors (Lipinski definition) is 7. The number of oxazole rings is 1. The minimum Gasteiger partial charge on any atom is -0.408 e. The Kier molecular flexibility index (Phi) is 6.07. The SMILES string of the molecule is O=C(NCc1csc(-c2ccccc2)n1)C1CCN(S(=O)(=O)c2ccc3[nH]c(=O)oc3c2)CC1. The molecule has 0 radical (unpaired) electrons. The van der Waals surface area contributed by atoms with Crippen LogP contribution < -0.4 is 11.1 Å². The van der Waals surface area contributed by atoms with Crippen LogP contribution >= 0.6 is 11.3 Å². The first-order valence-corrected chi connectivity index (χ1v) is 13.1. The molecule has 1 fully saturated rings. The van der Waals surface area contributed by atoms with Crippen LogP contribution in [0.3, 0.4) is 0 Å². The molecular weight excluding hydrogens is 476 g/mol. The Morgan fingerprint density at radius 2 is 1.94 bits per heavy atom. The highest BCUT2D eigenvalue weighted by atomic mass is 32.2. The van der Waals surface area contributed by atoms with E-state index in [1.165, 1.54) is 33.8 Å². The normalized spacial score (nSPS) is 15.5. The largest absolute Gasteiger partial charge is 0.417 e. The standard InChI is InChI=1S/C23H22N4O5S2/c28-21(24-13-17-14-33-22(25-17)16-4-2-1-3-5-16)15-8-10-27(11-9-15)34(30,31)18-6-7-19-20(12-18)32-23(29)26-19/h1-7,12,14-15H,8-11,13H2,(H,24,28)(H,26,29). The quantitative estimate of drug-likeness (QED) is 0.421. The summed E-state index contributed by atoms with van der Waals surface area (Å²) in [6.07, 6.45) is 0.859. The summed E-state index contributed by atoms with van der Waals surface area (Å²) >= 11 is 1.53. The van der Waals surface area contributed by atoms with Crippen molar-refractivity contribution in [2.75, 3.05) is 13.1 Å². The molecule has 1 saturated heterocycles. The van der Waals surface area contributed by atoms with Gasteiger partial charge in [-0.05, 0) is 25.0 Å². The zero-order chi connectivity index (χ0) is 23.7. The first-order chi connectivity index (χ1) is 16.4. The van der Waals surface area contributed by atoms with E-state index < -0.39 is 15.8 Å². The molecule has 2 aromatic carbocycles. The maximum absolute atomic E-state index is 13.0. The Morgan fingerprint density at radius 1 is 1.18 bits per heavy atom. The molecule has 1 amide bonds. The topological polar surface area (TPSA) is 125 Å². The van der Waals surface area contributed by atoms with Crippen LogP contribution in [0.15, 0.2) is 68.0 Å². The number of aromatic nitrogens is 2. The second kappa shape index (κ2) is 9.16. The molecule has 1 aliphatic heterocycles. The fourth-order valence-corrected chi connectivity index (χ4v) is 6.33. The lowest BCUT2D eigenvalue weighted by Gasteiger charge is -2.30. The summed E-state index contributed by atoms with van der Waals surface area (Å²) in [4.78, 5) is 31.1. The lowest BCUT2D eigenvalue weighted by atomic mass is 9.97. The molecule has 0 atom stereocenters. The Labute approximate surface area is 199 Å². The first kappa shape index (κ1) is 22.5. The number of piperidine rings is 1. The minimum atomic E-state index is -3.76. The number of nitrogens with one attached hydrogen (secondary N) is 2.